The Kier molecular flexibility index (Phi) is 4.07. The molecule has 0 fully saturated rings. The lowest BCUT2D eigenvalue weighted by atomic mass is 10.2. The molecule has 0 N–H and O–H groups in total. The molecule has 0 aromatic heterocycles. The fourth-order valence-corrected chi connectivity index (χ4v) is 1.50. The topological polar surface area (TPSA) is 26.3 Å². The van der Waals surface area contributed by atoms with Gasteiger partial charge in [0.25, 0.3) is 0 Å². The van der Waals surface area contributed by atoms with Crippen molar-refractivity contribution in [2.75, 3.05) is 6.61 Å². The van der Waals surface area contributed by atoms with Crippen molar-refractivity contribution in [1.29, 1.82) is 0 Å². The van der Waals surface area contributed by atoms with E-state index in [1.165, 1.54) is 0 Å². The molecular formula is C10H20O2Si. The average Bonchev–Trinajstić information content (AvgIpc) is 1.98. The Morgan fingerprint density at radius 1 is 1.46 bits per heavy atom. The third-order valence-corrected chi connectivity index (χ3v) is 7.07. The maximum Gasteiger partial charge on any atom is 0.192 e. The second-order valence-electron chi connectivity index (χ2n) is 4.83. The van der Waals surface area contributed by atoms with Gasteiger partial charge in [0.1, 0.15) is 6.29 Å². The molecule has 0 aromatic carbocycles. The maximum atomic E-state index is 10.3. The molecule has 0 spiro atoms. The van der Waals surface area contributed by atoms with E-state index in [1.807, 2.05) is 0 Å². The molecule has 0 bridgehead atoms. The van der Waals surface area contributed by atoms with Crippen molar-refractivity contribution in [3.8, 4) is 0 Å². The summed E-state index contributed by atoms with van der Waals surface area (Å²) in [5.41, 5.74) is 0.518. The maximum absolute atomic E-state index is 10.3. The van der Waals surface area contributed by atoms with Crippen molar-refractivity contribution in [1.82, 2.24) is 0 Å². The van der Waals surface area contributed by atoms with Crippen molar-refractivity contribution in [2.24, 2.45) is 0 Å². The van der Waals surface area contributed by atoms with Crippen molar-refractivity contribution >= 4 is 14.6 Å². The molecule has 2 nitrogen and oxygen atoms in total. The van der Waals surface area contributed by atoms with Gasteiger partial charge in [0.05, 0.1) is 6.61 Å². The van der Waals surface area contributed by atoms with Crippen molar-refractivity contribution in [2.45, 2.75) is 38.9 Å². The third-order valence-electron chi connectivity index (χ3n) is 2.59. The van der Waals surface area contributed by atoms with Gasteiger partial charge < -0.3 is 4.43 Å². The van der Waals surface area contributed by atoms with Crippen molar-refractivity contribution < 1.29 is 9.22 Å². The predicted molar refractivity (Wildman–Crippen MR) is 58.4 cm³/mol. The number of hydrogen-bond acceptors (Lipinski definition) is 2. The number of carbonyl (C=O) groups is 1. The molecule has 0 aliphatic rings. The van der Waals surface area contributed by atoms with Crippen LogP contribution in [0.4, 0.5) is 0 Å². The first-order chi connectivity index (χ1) is 5.70. The highest BCUT2D eigenvalue weighted by Crippen LogP contribution is 2.36. The smallest absolute Gasteiger partial charge is 0.192 e. The highest BCUT2D eigenvalue weighted by Gasteiger charge is 2.36. The molecule has 3 heteroatoms. The summed E-state index contributed by atoms with van der Waals surface area (Å²) in [5, 5.41) is 0.191. The van der Waals surface area contributed by atoms with Crippen LogP contribution in [-0.4, -0.2) is 21.2 Å². The van der Waals surface area contributed by atoms with Crippen LogP contribution in [0.1, 0.15) is 20.8 Å². The van der Waals surface area contributed by atoms with Crippen LogP contribution in [0.25, 0.3) is 0 Å². The highest BCUT2D eigenvalue weighted by molar-refractivity contribution is 6.74. The molecule has 0 rings (SSSR count). The van der Waals surface area contributed by atoms with Crippen LogP contribution in [0, 0.1) is 0 Å². The Hall–Kier alpha value is -0.413. The number of carbonyl (C=O) groups excluding carboxylic acids is 1. The van der Waals surface area contributed by atoms with Gasteiger partial charge in [0, 0.05) is 5.57 Å². The third kappa shape index (κ3) is 3.87. The molecule has 0 amide bonds. The minimum Gasteiger partial charge on any atom is -0.412 e. The first-order valence-electron chi connectivity index (χ1n) is 4.47. The van der Waals surface area contributed by atoms with E-state index >= 15 is 0 Å². The second-order valence-corrected chi connectivity index (χ2v) is 9.63. The fourth-order valence-electron chi connectivity index (χ4n) is 0.524. The summed E-state index contributed by atoms with van der Waals surface area (Å²) in [6.07, 6.45) is 0.757. The van der Waals surface area contributed by atoms with E-state index in [1.54, 1.807) is 0 Å². The summed E-state index contributed by atoms with van der Waals surface area (Å²) in [6.45, 7) is 14.8. The normalized spacial score (nSPS) is 12.7. The Morgan fingerprint density at radius 3 is 2.23 bits per heavy atom. The molecule has 0 aromatic rings. The minimum absolute atomic E-state index is 0.191. The minimum atomic E-state index is -1.70. The van der Waals surface area contributed by atoms with E-state index in [2.05, 4.69) is 40.4 Å². The molecule has 0 aliphatic carbocycles. The number of hydrogen-bond donors (Lipinski definition) is 0. The monoisotopic (exact) mass is 200 g/mol. The second kappa shape index (κ2) is 4.20. The Balaban J connectivity index is 4.19. The zero-order valence-electron chi connectivity index (χ0n) is 9.31. The molecule has 0 aliphatic heterocycles. The zero-order chi connectivity index (χ0) is 10.7. The van der Waals surface area contributed by atoms with Gasteiger partial charge in [0.2, 0.25) is 0 Å². The van der Waals surface area contributed by atoms with Crippen molar-refractivity contribution in [3.05, 3.63) is 12.2 Å². The Morgan fingerprint density at radius 2 is 1.92 bits per heavy atom. The standard InChI is InChI=1S/C10H20O2Si/c1-9(7-11)8-12-13(5,6)10(2,3)4/h7H,1,8H2,2-6H3. The van der Waals surface area contributed by atoms with Crippen LogP contribution in [0.2, 0.25) is 18.1 Å². The summed E-state index contributed by atoms with van der Waals surface area (Å²) in [7, 11) is -1.70. The summed E-state index contributed by atoms with van der Waals surface area (Å²) in [4.78, 5) is 10.3. The van der Waals surface area contributed by atoms with E-state index < -0.39 is 8.32 Å². The van der Waals surface area contributed by atoms with Crippen LogP contribution in [-0.2, 0) is 9.22 Å². The van der Waals surface area contributed by atoms with Gasteiger partial charge in [-0.25, -0.2) is 0 Å². The van der Waals surface area contributed by atoms with E-state index in [4.69, 9.17) is 4.43 Å². The van der Waals surface area contributed by atoms with Gasteiger partial charge in [0.15, 0.2) is 8.32 Å². The molecule has 0 radical (unpaired) electrons. The molecule has 0 unspecified atom stereocenters. The molecule has 0 heterocycles. The van der Waals surface area contributed by atoms with Crippen LogP contribution < -0.4 is 0 Å². The van der Waals surface area contributed by atoms with E-state index in [9.17, 15) is 4.79 Å². The van der Waals surface area contributed by atoms with Crippen LogP contribution >= 0.6 is 0 Å². The highest BCUT2D eigenvalue weighted by atomic mass is 28.4. The lowest BCUT2D eigenvalue weighted by Crippen LogP contribution is -2.41. The van der Waals surface area contributed by atoms with Crippen LogP contribution in [0.15, 0.2) is 12.2 Å². The first-order valence-corrected chi connectivity index (χ1v) is 7.38. The molecule has 13 heavy (non-hydrogen) atoms. The number of aldehydes is 1. The summed E-state index contributed by atoms with van der Waals surface area (Å²) in [5.74, 6) is 0. The largest absolute Gasteiger partial charge is 0.412 e. The number of rotatable bonds is 4. The van der Waals surface area contributed by atoms with E-state index in [0.29, 0.717) is 12.2 Å². The van der Waals surface area contributed by atoms with Gasteiger partial charge in [-0.1, -0.05) is 27.4 Å². The van der Waals surface area contributed by atoms with E-state index in [0.717, 1.165) is 6.29 Å². The summed E-state index contributed by atoms with van der Waals surface area (Å²) < 4.78 is 5.75. The molecule has 0 atom stereocenters. The Labute approximate surface area is 82.1 Å². The van der Waals surface area contributed by atoms with E-state index in [-0.39, 0.29) is 5.04 Å². The molecule has 0 saturated carbocycles. The van der Waals surface area contributed by atoms with Crippen LogP contribution in [0.3, 0.4) is 0 Å². The lowest BCUT2D eigenvalue weighted by molar-refractivity contribution is -0.105. The summed E-state index contributed by atoms with van der Waals surface area (Å²) in [6, 6.07) is 0. The predicted octanol–water partition coefficient (Wildman–Crippen LogP) is 2.76. The van der Waals surface area contributed by atoms with Gasteiger partial charge in [-0.15, -0.1) is 0 Å². The van der Waals surface area contributed by atoms with Crippen LogP contribution in [0.5, 0.6) is 0 Å². The lowest BCUT2D eigenvalue weighted by Gasteiger charge is -2.36. The average molecular weight is 200 g/mol. The first kappa shape index (κ1) is 12.6. The molecule has 0 saturated heterocycles. The van der Waals surface area contributed by atoms with Gasteiger partial charge >= 0.3 is 0 Å². The Bertz CT molecular complexity index is 201. The fraction of sp³-hybridized carbons (Fsp3) is 0.700. The SMILES string of the molecule is C=C(C=O)CO[Si](C)(C)C(C)(C)C. The zero-order valence-corrected chi connectivity index (χ0v) is 10.3. The molecule has 76 valence electrons. The molecular weight excluding hydrogens is 180 g/mol. The quantitative estimate of drug-likeness (QED) is 0.396. The van der Waals surface area contributed by atoms with Gasteiger partial charge in [-0.05, 0) is 18.1 Å². The van der Waals surface area contributed by atoms with Gasteiger partial charge in [-0.3, -0.25) is 4.79 Å². The summed E-state index contributed by atoms with van der Waals surface area (Å²) >= 11 is 0. The van der Waals surface area contributed by atoms with Crippen molar-refractivity contribution in [3.63, 3.8) is 0 Å². The van der Waals surface area contributed by atoms with Gasteiger partial charge in [-0.2, -0.15) is 0 Å².